The standard InChI is InChI=1S/C13H22O4/c14-12(15)10-8-6-4-2-1-3-5-7-9-11-13(16)17/h8,10H,1-7,9,11H2,(H,14,15)(H,16,17)/b10-8+. The van der Waals surface area contributed by atoms with Gasteiger partial charge in [-0.3, -0.25) is 4.79 Å². The highest BCUT2D eigenvalue weighted by Gasteiger charge is 1.96. The predicted molar refractivity (Wildman–Crippen MR) is 66.0 cm³/mol. The zero-order chi connectivity index (χ0) is 12.9. The van der Waals surface area contributed by atoms with Crippen LogP contribution in [-0.4, -0.2) is 22.2 Å². The maximum atomic E-state index is 10.2. The Morgan fingerprint density at radius 3 is 1.88 bits per heavy atom. The third-order valence-corrected chi connectivity index (χ3v) is 2.52. The predicted octanol–water partition coefficient (Wildman–Crippen LogP) is 3.22. The lowest BCUT2D eigenvalue weighted by Gasteiger charge is -1.99. The Morgan fingerprint density at radius 2 is 1.35 bits per heavy atom. The molecule has 0 unspecified atom stereocenters. The van der Waals surface area contributed by atoms with Crippen molar-refractivity contribution in [2.24, 2.45) is 0 Å². The average molecular weight is 242 g/mol. The number of carboxylic acids is 2. The Balaban J connectivity index is 3.08. The molecule has 0 bridgehead atoms. The van der Waals surface area contributed by atoms with E-state index in [2.05, 4.69) is 0 Å². The summed E-state index contributed by atoms with van der Waals surface area (Å²) in [4.78, 5) is 20.4. The highest BCUT2D eigenvalue weighted by molar-refractivity contribution is 5.79. The number of allylic oxidation sites excluding steroid dienone is 1. The molecule has 0 fully saturated rings. The first-order valence-electron chi connectivity index (χ1n) is 6.24. The fraction of sp³-hybridized carbons (Fsp3) is 0.692. The summed E-state index contributed by atoms with van der Waals surface area (Å²) in [5, 5.41) is 16.8. The first kappa shape index (κ1) is 15.7. The van der Waals surface area contributed by atoms with Crippen molar-refractivity contribution in [1.29, 1.82) is 0 Å². The fourth-order valence-corrected chi connectivity index (χ4v) is 1.61. The number of hydrogen-bond acceptors (Lipinski definition) is 2. The molecule has 0 heterocycles. The molecule has 98 valence electrons. The van der Waals surface area contributed by atoms with E-state index in [4.69, 9.17) is 10.2 Å². The number of unbranched alkanes of at least 4 members (excludes halogenated alkanes) is 7. The van der Waals surface area contributed by atoms with Gasteiger partial charge in [0.1, 0.15) is 0 Å². The van der Waals surface area contributed by atoms with Crippen LogP contribution in [0.4, 0.5) is 0 Å². The monoisotopic (exact) mass is 242 g/mol. The van der Waals surface area contributed by atoms with Crippen LogP contribution in [0.15, 0.2) is 12.2 Å². The Bertz CT molecular complexity index is 246. The molecule has 0 rings (SSSR count). The van der Waals surface area contributed by atoms with Gasteiger partial charge in [-0.25, -0.2) is 4.79 Å². The smallest absolute Gasteiger partial charge is 0.327 e. The van der Waals surface area contributed by atoms with Crippen molar-refractivity contribution in [2.45, 2.75) is 57.8 Å². The summed E-state index contributed by atoms with van der Waals surface area (Å²) in [6, 6.07) is 0. The minimum Gasteiger partial charge on any atom is -0.481 e. The Kier molecular flexibility index (Phi) is 10.3. The molecule has 0 aromatic rings. The molecule has 0 aromatic carbocycles. The van der Waals surface area contributed by atoms with Crippen molar-refractivity contribution < 1.29 is 19.8 Å². The lowest BCUT2D eigenvalue weighted by molar-refractivity contribution is -0.137. The third-order valence-electron chi connectivity index (χ3n) is 2.52. The Labute approximate surface area is 102 Å². The molecule has 0 aliphatic carbocycles. The molecule has 0 saturated heterocycles. The van der Waals surface area contributed by atoms with Gasteiger partial charge >= 0.3 is 11.9 Å². The molecule has 4 nitrogen and oxygen atoms in total. The third kappa shape index (κ3) is 14.7. The van der Waals surface area contributed by atoms with Gasteiger partial charge in [0.2, 0.25) is 0 Å². The highest BCUT2D eigenvalue weighted by Crippen LogP contribution is 2.09. The molecule has 0 aliphatic heterocycles. The van der Waals surface area contributed by atoms with Crippen LogP contribution in [0.3, 0.4) is 0 Å². The van der Waals surface area contributed by atoms with Gasteiger partial charge in [0.15, 0.2) is 0 Å². The normalized spacial score (nSPS) is 10.8. The van der Waals surface area contributed by atoms with Gasteiger partial charge in [-0.2, -0.15) is 0 Å². The Morgan fingerprint density at radius 1 is 0.824 bits per heavy atom. The van der Waals surface area contributed by atoms with Gasteiger partial charge in [0, 0.05) is 12.5 Å². The summed E-state index contributed by atoms with van der Waals surface area (Å²) in [5.74, 6) is -1.60. The number of hydrogen-bond donors (Lipinski definition) is 2. The number of aliphatic carboxylic acids is 2. The van der Waals surface area contributed by atoms with Crippen molar-refractivity contribution >= 4 is 11.9 Å². The lowest BCUT2D eigenvalue weighted by Crippen LogP contribution is -1.93. The van der Waals surface area contributed by atoms with E-state index in [9.17, 15) is 9.59 Å². The first-order valence-corrected chi connectivity index (χ1v) is 6.24. The molecule has 2 N–H and O–H groups in total. The lowest BCUT2D eigenvalue weighted by atomic mass is 10.1. The number of carbonyl (C=O) groups is 2. The fourth-order valence-electron chi connectivity index (χ4n) is 1.61. The molecule has 17 heavy (non-hydrogen) atoms. The van der Waals surface area contributed by atoms with E-state index < -0.39 is 11.9 Å². The summed E-state index contributed by atoms with van der Waals surface area (Å²) in [7, 11) is 0. The molecule has 0 aromatic heterocycles. The Hall–Kier alpha value is -1.32. The largest absolute Gasteiger partial charge is 0.481 e. The molecule has 0 amide bonds. The van der Waals surface area contributed by atoms with E-state index in [-0.39, 0.29) is 6.42 Å². The van der Waals surface area contributed by atoms with Gasteiger partial charge < -0.3 is 10.2 Å². The molecule has 0 aliphatic rings. The van der Waals surface area contributed by atoms with E-state index in [0.717, 1.165) is 51.4 Å². The SMILES string of the molecule is O=C(O)/C=C/CCCCCCCCCC(=O)O. The second-order valence-electron chi connectivity index (χ2n) is 4.15. The van der Waals surface area contributed by atoms with Crippen molar-refractivity contribution in [2.75, 3.05) is 0 Å². The quantitative estimate of drug-likeness (QED) is 0.431. The van der Waals surface area contributed by atoms with Crippen LogP contribution in [0.2, 0.25) is 0 Å². The van der Waals surface area contributed by atoms with E-state index in [1.165, 1.54) is 6.08 Å². The van der Waals surface area contributed by atoms with Crippen molar-refractivity contribution in [3.63, 3.8) is 0 Å². The van der Waals surface area contributed by atoms with Gasteiger partial charge in [0.25, 0.3) is 0 Å². The molecular formula is C13H22O4. The summed E-state index contributed by atoms with van der Waals surface area (Å²) in [5.41, 5.74) is 0. The molecule has 0 spiro atoms. The molecule has 0 atom stereocenters. The maximum absolute atomic E-state index is 10.2. The summed E-state index contributed by atoms with van der Waals surface area (Å²) < 4.78 is 0. The first-order chi connectivity index (χ1) is 8.13. The van der Waals surface area contributed by atoms with Gasteiger partial charge in [-0.15, -0.1) is 0 Å². The summed E-state index contributed by atoms with van der Waals surface area (Å²) in [6.45, 7) is 0. The molecular weight excluding hydrogens is 220 g/mol. The summed E-state index contributed by atoms with van der Waals surface area (Å²) >= 11 is 0. The number of carboxylic acid groups (broad SMARTS) is 2. The van der Waals surface area contributed by atoms with Crippen LogP contribution in [-0.2, 0) is 9.59 Å². The zero-order valence-corrected chi connectivity index (χ0v) is 10.2. The number of rotatable bonds is 11. The molecule has 0 saturated carbocycles. The highest BCUT2D eigenvalue weighted by atomic mass is 16.4. The second kappa shape index (κ2) is 11.2. The van der Waals surface area contributed by atoms with E-state index in [1.54, 1.807) is 6.08 Å². The van der Waals surface area contributed by atoms with E-state index >= 15 is 0 Å². The van der Waals surface area contributed by atoms with Crippen LogP contribution in [0.1, 0.15) is 57.8 Å². The van der Waals surface area contributed by atoms with Gasteiger partial charge in [0.05, 0.1) is 0 Å². The molecule has 0 radical (unpaired) electrons. The summed E-state index contributed by atoms with van der Waals surface area (Å²) in [6.07, 6.45) is 11.3. The van der Waals surface area contributed by atoms with Crippen molar-refractivity contribution in [3.8, 4) is 0 Å². The van der Waals surface area contributed by atoms with Crippen LogP contribution in [0.5, 0.6) is 0 Å². The maximum Gasteiger partial charge on any atom is 0.327 e. The van der Waals surface area contributed by atoms with Gasteiger partial charge in [-0.05, 0) is 19.3 Å². The van der Waals surface area contributed by atoms with Crippen LogP contribution >= 0.6 is 0 Å². The van der Waals surface area contributed by atoms with Crippen molar-refractivity contribution in [3.05, 3.63) is 12.2 Å². The van der Waals surface area contributed by atoms with Crippen LogP contribution in [0.25, 0.3) is 0 Å². The topological polar surface area (TPSA) is 74.6 Å². The molecule has 4 heteroatoms. The minimum absolute atomic E-state index is 0.278. The van der Waals surface area contributed by atoms with Crippen molar-refractivity contribution in [1.82, 2.24) is 0 Å². The minimum atomic E-state index is -0.886. The van der Waals surface area contributed by atoms with Crippen LogP contribution < -0.4 is 0 Å². The van der Waals surface area contributed by atoms with E-state index in [1.807, 2.05) is 0 Å². The van der Waals surface area contributed by atoms with Gasteiger partial charge in [-0.1, -0.05) is 38.2 Å². The average Bonchev–Trinajstić information content (AvgIpc) is 2.25. The van der Waals surface area contributed by atoms with Crippen LogP contribution in [0, 0.1) is 0 Å². The zero-order valence-electron chi connectivity index (χ0n) is 10.2. The van der Waals surface area contributed by atoms with E-state index in [0.29, 0.717) is 0 Å². The second-order valence-corrected chi connectivity index (χ2v) is 4.15.